The van der Waals surface area contributed by atoms with Crippen molar-refractivity contribution in [2.24, 2.45) is 16.8 Å². The van der Waals surface area contributed by atoms with E-state index in [2.05, 4.69) is 46.5 Å². The van der Waals surface area contributed by atoms with Crippen LogP contribution in [0.15, 0.2) is 29.6 Å². The van der Waals surface area contributed by atoms with Crippen molar-refractivity contribution in [3.8, 4) is 0 Å². The van der Waals surface area contributed by atoms with Gasteiger partial charge in [-0.05, 0) is 43.2 Å². The van der Waals surface area contributed by atoms with Gasteiger partial charge in [-0.2, -0.15) is 5.10 Å². The Bertz CT molecular complexity index is 932. The molecule has 3 aliphatic rings. The first-order valence-electron chi connectivity index (χ1n) is 12.6. The fourth-order valence-corrected chi connectivity index (χ4v) is 5.98. The van der Waals surface area contributed by atoms with Crippen LogP contribution in [0.2, 0.25) is 25.7 Å². The molecule has 1 atom stereocenters. The number of anilines is 1. The van der Waals surface area contributed by atoms with Crippen molar-refractivity contribution in [2.75, 3.05) is 24.9 Å². The summed E-state index contributed by atoms with van der Waals surface area (Å²) in [6.07, 6.45) is 15.9. The first-order valence-corrected chi connectivity index (χ1v) is 16.3. The fourth-order valence-electron chi connectivity index (χ4n) is 5.23. The Morgan fingerprint density at radius 3 is 2.75 bits per heavy atom. The van der Waals surface area contributed by atoms with Gasteiger partial charge in [-0.15, -0.1) is 0 Å². The quantitative estimate of drug-likeness (QED) is 0.372. The Hall–Kier alpha value is -1.86. The summed E-state index contributed by atoms with van der Waals surface area (Å²) in [7, 11) is -1.07. The first-order chi connectivity index (χ1) is 15.5. The van der Waals surface area contributed by atoms with Gasteiger partial charge in [0.25, 0.3) is 0 Å². The molecule has 0 saturated heterocycles. The highest BCUT2D eigenvalue weighted by molar-refractivity contribution is 6.76. The monoisotopic (exact) mass is 453 g/mol. The second-order valence-electron chi connectivity index (χ2n) is 11.3. The highest BCUT2D eigenvalue weighted by Crippen LogP contribution is 2.44. The molecule has 2 aromatic heterocycles. The van der Waals surface area contributed by atoms with Gasteiger partial charge in [0.2, 0.25) is 0 Å². The third-order valence-corrected chi connectivity index (χ3v) is 9.07. The van der Waals surface area contributed by atoms with Gasteiger partial charge >= 0.3 is 0 Å². The minimum absolute atomic E-state index is 0.560. The molecule has 2 saturated carbocycles. The predicted octanol–water partition coefficient (Wildman–Crippen LogP) is 5.67. The average molecular weight is 454 g/mol. The summed E-state index contributed by atoms with van der Waals surface area (Å²) in [6, 6.07) is 3.89. The summed E-state index contributed by atoms with van der Waals surface area (Å²) >= 11 is 0. The molecule has 6 nitrogen and oxygen atoms in total. The lowest BCUT2D eigenvalue weighted by atomic mass is 9.93. The van der Waals surface area contributed by atoms with Crippen molar-refractivity contribution in [1.82, 2.24) is 14.8 Å². The highest BCUT2D eigenvalue weighted by Gasteiger charge is 2.33. The number of H-pyrrole nitrogens is 1. The van der Waals surface area contributed by atoms with E-state index < -0.39 is 8.07 Å². The molecule has 1 N–H and O–H groups in total. The van der Waals surface area contributed by atoms with Gasteiger partial charge in [-0.1, -0.05) is 45.3 Å². The number of rotatable bonds is 10. The zero-order valence-electron chi connectivity index (χ0n) is 20.0. The standard InChI is InChI=1S/C25H39N5OSi/c1-32(2,3)13-12-31-18-29-17-27-24(22-10-11-26-25(22)29)21-15-28-30(16-21)23(14-19-8-9-19)20-6-4-5-7-20/h10-11,15-16,19-20,23,26H,4-9,12-14,17-18H2,1-3H3. The Labute approximate surface area is 193 Å². The van der Waals surface area contributed by atoms with E-state index in [1.165, 1.54) is 51.0 Å². The summed E-state index contributed by atoms with van der Waals surface area (Å²) in [5, 5.41) is 4.87. The third kappa shape index (κ3) is 5.04. The van der Waals surface area contributed by atoms with E-state index in [9.17, 15) is 0 Å². The molecule has 3 heterocycles. The number of aromatic amines is 1. The lowest BCUT2D eigenvalue weighted by Crippen LogP contribution is -2.33. The molecule has 0 aromatic carbocycles. The van der Waals surface area contributed by atoms with E-state index in [1.807, 2.05) is 12.4 Å². The van der Waals surface area contributed by atoms with E-state index in [-0.39, 0.29) is 0 Å². The zero-order chi connectivity index (χ0) is 22.1. The van der Waals surface area contributed by atoms with Crippen LogP contribution in [0.3, 0.4) is 0 Å². The summed E-state index contributed by atoms with van der Waals surface area (Å²) in [5.41, 5.74) is 3.36. The molecule has 1 aliphatic heterocycles. The predicted molar refractivity (Wildman–Crippen MR) is 133 cm³/mol. The topological polar surface area (TPSA) is 58.4 Å². The maximum atomic E-state index is 6.01. The van der Waals surface area contributed by atoms with E-state index in [1.54, 1.807) is 0 Å². The maximum Gasteiger partial charge on any atom is 0.121 e. The van der Waals surface area contributed by atoms with E-state index in [0.29, 0.717) is 19.4 Å². The molecular formula is C25H39N5OSi. The van der Waals surface area contributed by atoms with Crippen LogP contribution in [-0.2, 0) is 4.74 Å². The van der Waals surface area contributed by atoms with Crippen LogP contribution in [0.4, 0.5) is 5.82 Å². The summed E-state index contributed by atoms with van der Waals surface area (Å²) in [6.45, 7) is 9.19. The highest BCUT2D eigenvalue weighted by atomic mass is 28.3. The lowest BCUT2D eigenvalue weighted by Gasteiger charge is -2.27. The number of ether oxygens (including phenoxy) is 1. The SMILES string of the molecule is C[Si](C)(C)CCOCN1CN=C(c2cnn(C(CC3CC3)C3CCCC3)c2)c2cc[nH]c21. The molecule has 2 aliphatic carbocycles. The first kappa shape index (κ1) is 22.0. The largest absolute Gasteiger partial charge is 0.361 e. The van der Waals surface area contributed by atoms with E-state index in [0.717, 1.165) is 41.1 Å². The van der Waals surface area contributed by atoms with Gasteiger partial charge in [0.15, 0.2) is 0 Å². The van der Waals surface area contributed by atoms with Crippen LogP contribution in [-0.4, -0.2) is 48.6 Å². The summed E-state index contributed by atoms with van der Waals surface area (Å²) < 4.78 is 8.29. The zero-order valence-corrected chi connectivity index (χ0v) is 21.0. The molecule has 0 spiro atoms. The van der Waals surface area contributed by atoms with Crippen LogP contribution in [0.1, 0.15) is 62.1 Å². The molecule has 0 radical (unpaired) electrons. The van der Waals surface area contributed by atoms with Crippen molar-refractivity contribution in [3.63, 3.8) is 0 Å². The second-order valence-corrected chi connectivity index (χ2v) is 16.9. The normalized spacial score (nSPS) is 20.5. The van der Waals surface area contributed by atoms with Crippen LogP contribution < -0.4 is 4.90 Å². The molecule has 2 fully saturated rings. The molecule has 1 unspecified atom stereocenters. The van der Waals surface area contributed by atoms with Crippen LogP contribution in [0.5, 0.6) is 0 Å². The molecule has 7 heteroatoms. The molecule has 5 rings (SSSR count). The Kier molecular flexibility index (Phi) is 6.30. The lowest BCUT2D eigenvalue weighted by molar-refractivity contribution is 0.146. The molecule has 32 heavy (non-hydrogen) atoms. The number of hydrogen-bond acceptors (Lipinski definition) is 4. The Balaban J connectivity index is 1.28. The van der Waals surface area contributed by atoms with Crippen LogP contribution in [0, 0.1) is 11.8 Å². The third-order valence-electron chi connectivity index (χ3n) is 7.37. The van der Waals surface area contributed by atoms with Crippen LogP contribution in [0.25, 0.3) is 0 Å². The molecule has 174 valence electrons. The molecule has 2 aromatic rings. The van der Waals surface area contributed by atoms with Gasteiger partial charge in [0, 0.05) is 38.2 Å². The number of nitrogens with zero attached hydrogens (tertiary/aromatic N) is 4. The Morgan fingerprint density at radius 2 is 2.00 bits per heavy atom. The van der Waals surface area contributed by atoms with Gasteiger partial charge in [0.05, 0.1) is 18.0 Å². The van der Waals surface area contributed by atoms with Crippen molar-refractivity contribution < 1.29 is 4.74 Å². The molecule has 0 bridgehead atoms. The summed E-state index contributed by atoms with van der Waals surface area (Å²) in [4.78, 5) is 10.6. The number of aliphatic imine (C=N–C) groups is 1. The van der Waals surface area contributed by atoms with E-state index >= 15 is 0 Å². The van der Waals surface area contributed by atoms with Crippen molar-refractivity contribution in [1.29, 1.82) is 0 Å². The fraction of sp³-hybridized carbons (Fsp3) is 0.680. The second kappa shape index (κ2) is 9.18. The van der Waals surface area contributed by atoms with Gasteiger partial charge < -0.3 is 14.6 Å². The van der Waals surface area contributed by atoms with Gasteiger partial charge in [-0.25, -0.2) is 0 Å². The minimum Gasteiger partial charge on any atom is -0.361 e. The Morgan fingerprint density at radius 1 is 1.19 bits per heavy atom. The van der Waals surface area contributed by atoms with Gasteiger partial charge in [-0.3, -0.25) is 9.67 Å². The minimum atomic E-state index is -1.07. The van der Waals surface area contributed by atoms with Crippen molar-refractivity contribution in [2.45, 2.75) is 76.7 Å². The average Bonchev–Trinajstić information content (AvgIpc) is 3.21. The number of nitrogens with one attached hydrogen (secondary N) is 1. The number of aromatic nitrogens is 3. The molecule has 0 amide bonds. The van der Waals surface area contributed by atoms with Gasteiger partial charge in [0.1, 0.15) is 19.2 Å². The summed E-state index contributed by atoms with van der Waals surface area (Å²) in [5.74, 6) is 2.83. The number of hydrogen-bond donors (Lipinski definition) is 1. The number of fused-ring (bicyclic) bond motifs is 1. The molecular weight excluding hydrogens is 414 g/mol. The smallest absolute Gasteiger partial charge is 0.121 e. The maximum absolute atomic E-state index is 6.01. The van der Waals surface area contributed by atoms with Crippen molar-refractivity contribution >= 4 is 19.6 Å². The van der Waals surface area contributed by atoms with Crippen molar-refractivity contribution in [3.05, 3.63) is 35.8 Å². The van der Waals surface area contributed by atoms with Crippen LogP contribution >= 0.6 is 0 Å². The van der Waals surface area contributed by atoms with E-state index in [4.69, 9.17) is 14.8 Å².